The molecule has 1 unspecified atom stereocenters. The fourth-order valence-electron chi connectivity index (χ4n) is 2.99. The van der Waals surface area contributed by atoms with Crippen molar-refractivity contribution >= 4 is 22.8 Å². The van der Waals surface area contributed by atoms with Crippen LogP contribution in [0, 0.1) is 6.92 Å². The number of hydrogen-bond acceptors (Lipinski definition) is 5. The highest BCUT2D eigenvalue weighted by atomic mass is 32.2. The predicted molar refractivity (Wildman–Crippen MR) is 87.0 cm³/mol. The highest BCUT2D eigenvalue weighted by Gasteiger charge is 2.56. The number of ether oxygens (including phenoxy) is 2. The van der Waals surface area contributed by atoms with E-state index in [1.165, 1.54) is 22.2 Å². The molecule has 1 spiro atoms. The molecule has 6 nitrogen and oxygen atoms in total. The SMILES string of the molecule is Cc1ccc(C2OCC3(CO2)SC2=NC[NH+](C)CN2C3=O)cc1. The van der Waals surface area contributed by atoms with E-state index in [-0.39, 0.29) is 5.91 Å². The van der Waals surface area contributed by atoms with Gasteiger partial charge >= 0.3 is 0 Å². The molecule has 2 fully saturated rings. The minimum Gasteiger partial charge on any atom is -0.346 e. The molecule has 0 aliphatic carbocycles. The van der Waals surface area contributed by atoms with Gasteiger partial charge in [0.2, 0.25) is 0 Å². The van der Waals surface area contributed by atoms with Gasteiger partial charge in [0.1, 0.15) is 4.75 Å². The average Bonchev–Trinajstić information content (AvgIpc) is 2.82. The van der Waals surface area contributed by atoms with Gasteiger partial charge in [-0.3, -0.25) is 4.79 Å². The maximum absolute atomic E-state index is 12.8. The third-order valence-corrected chi connectivity index (χ3v) is 5.68. The zero-order chi connectivity index (χ0) is 16.0. The van der Waals surface area contributed by atoms with Crippen LogP contribution in [0.15, 0.2) is 29.3 Å². The van der Waals surface area contributed by atoms with Crippen LogP contribution in [-0.2, 0) is 14.3 Å². The molecule has 2 saturated heterocycles. The average molecular weight is 334 g/mol. The molecule has 23 heavy (non-hydrogen) atoms. The lowest BCUT2D eigenvalue weighted by molar-refractivity contribution is -0.888. The molecule has 0 bridgehead atoms. The first-order valence-corrected chi connectivity index (χ1v) is 8.56. The number of fused-ring (bicyclic) bond motifs is 1. The van der Waals surface area contributed by atoms with Crippen LogP contribution in [0.1, 0.15) is 17.4 Å². The lowest BCUT2D eigenvalue weighted by Crippen LogP contribution is -3.11. The molecule has 0 radical (unpaired) electrons. The van der Waals surface area contributed by atoms with Gasteiger partial charge in [-0.05, 0) is 6.92 Å². The van der Waals surface area contributed by atoms with E-state index in [0.717, 1.165) is 10.7 Å². The molecule has 1 aromatic rings. The molecule has 1 aromatic carbocycles. The number of nitrogens with zero attached hydrogens (tertiary/aromatic N) is 2. The van der Waals surface area contributed by atoms with Gasteiger partial charge < -0.3 is 14.4 Å². The Morgan fingerprint density at radius 3 is 2.70 bits per heavy atom. The van der Waals surface area contributed by atoms with Crippen molar-refractivity contribution in [3.8, 4) is 0 Å². The molecular formula is C16H20N3O3S+. The van der Waals surface area contributed by atoms with Gasteiger partial charge in [0.05, 0.1) is 20.3 Å². The summed E-state index contributed by atoms with van der Waals surface area (Å²) < 4.78 is 11.1. The van der Waals surface area contributed by atoms with Crippen LogP contribution in [0.5, 0.6) is 0 Å². The molecule has 3 heterocycles. The second kappa shape index (κ2) is 5.59. The molecule has 1 atom stereocenters. The van der Waals surface area contributed by atoms with E-state index in [1.807, 2.05) is 38.2 Å². The minimum absolute atomic E-state index is 0.0580. The van der Waals surface area contributed by atoms with Crippen molar-refractivity contribution in [2.24, 2.45) is 4.99 Å². The van der Waals surface area contributed by atoms with Gasteiger partial charge in [0.15, 0.2) is 24.8 Å². The number of hydrogen-bond donors (Lipinski definition) is 1. The van der Waals surface area contributed by atoms with Crippen molar-refractivity contribution in [3.63, 3.8) is 0 Å². The number of aryl methyl sites for hydroxylation is 1. The van der Waals surface area contributed by atoms with Crippen molar-refractivity contribution < 1.29 is 19.2 Å². The van der Waals surface area contributed by atoms with Crippen LogP contribution in [0.2, 0.25) is 0 Å². The van der Waals surface area contributed by atoms with Gasteiger partial charge in [-0.25, -0.2) is 9.89 Å². The summed E-state index contributed by atoms with van der Waals surface area (Å²) in [6, 6.07) is 8.09. The van der Waals surface area contributed by atoms with Gasteiger partial charge in [0.25, 0.3) is 5.91 Å². The van der Waals surface area contributed by atoms with Crippen LogP contribution in [0.4, 0.5) is 0 Å². The third kappa shape index (κ3) is 2.57. The van der Waals surface area contributed by atoms with E-state index in [9.17, 15) is 4.79 Å². The van der Waals surface area contributed by atoms with Crippen LogP contribution >= 0.6 is 11.8 Å². The summed E-state index contributed by atoms with van der Waals surface area (Å²) in [5.41, 5.74) is 2.18. The second-order valence-corrected chi connectivity index (χ2v) is 7.76. The van der Waals surface area contributed by atoms with Gasteiger partial charge in [-0.1, -0.05) is 41.6 Å². The normalized spacial score (nSPS) is 33.7. The predicted octanol–water partition coefficient (Wildman–Crippen LogP) is 0.154. The minimum atomic E-state index is -0.676. The summed E-state index contributed by atoms with van der Waals surface area (Å²) in [4.78, 5) is 20.3. The topological polar surface area (TPSA) is 55.6 Å². The first-order valence-electron chi connectivity index (χ1n) is 7.74. The van der Waals surface area contributed by atoms with E-state index < -0.39 is 11.0 Å². The first-order chi connectivity index (χ1) is 11.1. The molecule has 1 N–H and O–H groups in total. The van der Waals surface area contributed by atoms with Gasteiger partial charge in [0, 0.05) is 5.56 Å². The number of rotatable bonds is 1. The van der Waals surface area contributed by atoms with Crippen LogP contribution in [0.25, 0.3) is 0 Å². The Hall–Kier alpha value is -1.41. The Labute approximate surface area is 139 Å². The number of benzene rings is 1. The van der Waals surface area contributed by atoms with Crippen molar-refractivity contribution in [2.75, 3.05) is 33.6 Å². The molecule has 7 heteroatoms. The van der Waals surface area contributed by atoms with Gasteiger partial charge in [-0.15, -0.1) is 0 Å². The van der Waals surface area contributed by atoms with Crippen molar-refractivity contribution in [1.82, 2.24) is 4.90 Å². The third-order valence-electron chi connectivity index (χ3n) is 4.35. The summed E-state index contributed by atoms with van der Waals surface area (Å²) in [5, 5.41) is 0.807. The maximum atomic E-state index is 12.8. The number of amides is 1. The molecule has 4 rings (SSSR count). The number of carbonyl (C=O) groups is 1. The number of aliphatic imine (C=N–C) groups is 1. The van der Waals surface area contributed by atoms with Crippen molar-refractivity contribution in [2.45, 2.75) is 18.0 Å². The fraction of sp³-hybridized carbons (Fsp3) is 0.500. The molecule has 122 valence electrons. The second-order valence-electron chi connectivity index (χ2n) is 6.41. The number of quaternary nitrogens is 1. The zero-order valence-corrected chi connectivity index (χ0v) is 14.1. The summed E-state index contributed by atoms with van der Waals surface area (Å²) in [7, 11) is 2.03. The van der Waals surface area contributed by atoms with E-state index in [4.69, 9.17) is 9.47 Å². The standard InChI is InChI=1S/C16H19N3O3S/c1-11-3-5-12(6-4-11)13-21-7-16(8-22-13)14(20)19-10-18(2)9-17-15(19)23-16/h3-6,13H,7-10H2,1-2H3/p+1. The van der Waals surface area contributed by atoms with E-state index in [2.05, 4.69) is 4.99 Å². The summed E-state index contributed by atoms with van der Waals surface area (Å²) in [6.07, 6.45) is -0.400. The number of carbonyl (C=O) groups excluding carboxylic acids is 1. The van der Waals surface area contributed by atoms with Crippen molar-refractivity contribution in [1.29, 1.82) is 0 Å². The first kappa shape index (κ1) is 15.1. The monoisotopic (exact) mass is 334 g/mol. The van der Waals surface area contributed by atoms with Crippen LogP contribution in [0.3, 0.4) is 0 Å². The zero-order valence-electron chi connectivity index (χ0n) is 13.2. The highest BCUT2D eigenvalue weighted by molar-refractivity contribution is 8.16. The van der Waals surface area contributed by atoms with Crippen LogP contribution < -0.4 is 4.90 Å². The Kier molecular flexibility index (Phi) is 3.68. The fourth-order valence-corrected chi connectivity index (χ4v) is 4.18. The summed E-state index contributed by atoms with van der Waals surface area (Å²) in [5.74, 6) is 0.0580. The Balaban J connectivity index is 1.49. The summed E-state index contributed by atoms with van der Waals surface area (Å²) >= 11 is 1.49. The Bertz CT molecular complexity index is 653. The Morgan fingerprint density at radius 1 is 1.30 bits per heavy atom. The lowest BCUT2D eigenvalue weighted by atomic mass is 10.1. The number of amidine groups is 1. The number of thioether (sulfide) groups is 1. The van der Waals surface area contributed by atoms with Crippen molar-refractivity contribution in [3.05, 3.63) is 35.4 Å². The molecular weight excluding hydrogens is 314 g/mol. The molecule has 0 aromatic heterocycles. The molecule has 1 amide bonds. The smallest absolute Gasteiger partial charge is 0.254 e. The van der Waals surface area contributed by atoms with E-state index in [0.29, 0.717) is 26.6 Å². The molecule has 3 aliphatic rings. The quantitative estimate of drug-likeness (QED) is 0.795. The maximum Gasteiger partial charge on any atom is 0.254 e. The number of nitrogens with one attached hydrogen (secondary N) is 1. The molecule has 0 saturated carbocycles. The van der Waals surface area contributed by atoms with E-state index in [1.54, 1.807) is 4.90 Å². The Morgan fingerprint density at radius 2 is 2.00 bits per heavy atom. The summed E-state index contributed by atoms with van der Waals surface area (Å²) in [6.45, 7) is 4.11. The highest BCUT2D eigenvalue weighted by Crippen LogP contribution is 2.42. The van der Waals surface area contributed by atoms with E-state index >= 15 is 0 Å². The lowest BCUT2D eigenvalue weighted by Gasteiger charge is -2.34. The largest absolute Gasteiger partial charge is 0.346 e. The van der Waals surface area contributed by atoms with Crippen LogP contribution in [-0.4, -0.2) is 54.3 Å². The molecule has 3 aliphatic heterocycles. The van der Waals surface area contributed by atoms with Gasteiger partial charge in [-0.2, -0.15) is 0 Å².